The maximum atomic E-state index is 12.8. The van der Waals surface area contributed by atoms with Crippen LogP contribution in [0.15, 0.2) is 65.2 Å². The molecule has 0 radical (unpaired) electrons. The predicted molar refractivity (Wildman–Crippen MR) is 86.3 cm³/mol. The van der Waals surface area contributed by atoms with Crippen LogP contribution in [0.5, 0.6) is 0 Å². The maximum Gasteiger partial charge on any atom is 0.265 e. The number of hydrogen-bond acceptors (Lipinski definition) is 4. The first kappa shape index (κ1) is 15.3. The van der Waals surface area contributed by atoms with Crippen molar-refractivity contribution in [2.24, 2.45) is 0 Å². The molecule has 0 saturated carbocycles. The lowest BCUT2D eigenvalue weighted by atomic mass is 10.0. The minimum absolute atomic E-state index is 0.0311. The van der Waals surface area contributed by atoms with Gasteiger partial charge in [0.1, 0.15) is 5.70 Å². The van der Waals surface area contributed by atoms with Crippen molar-refractivity contribution < 1.29 is 18.3 Å². The third-order valence-corrected chi connectivity index (χ3v) is 5.66. The van der Waals surface area contributed by atoms with Crippen molar-refractivity contribution >= 4 is 21.6 Å². The van der Waals surface area contributed by atoms with Crippen molar-refractivity contribution in [3.05, 3.63) is 71.4 Å². The Kier molecular flexibility index (Phi) is 3.69. The number of sulfonamides is 1. The fourth-order valence-corrected chi connectivity index (χ4v) is 4.32. The van der Waals surface area contributed by atoms with Gasteiger partial charge < -0.3 is 5.11 Å². The van der Waals surface area contributed by atoms with Crippen LogP contribution in [0, 0.1) is 0 Å². The summed E-state index contributed by atoms with van der Waals surface area (Å²) in [7, 11) is -3.87. The third-order valence-electron chi connectivity index (χ3n) is 3.72. The SMILES string of the molecule is CCN1/C(=C(/O)c2ccccc2)C(=O)c2ccccc2S1(=O)=O. The molecule has 5 nitrogen and oxygen atoms in total. The highest BCUT2D eigenvalue weighted by molar-refractivity contribution is 7.89. The molecule has 0 aliphatic carbocycles. The quantitative estimate of drug-likeness (QED) is 0.679. The highest BCUT2D eigenvalue weighted by Gasteiger charge is 2.40. The first-order valence-electron chi connectivity index (χ1n) is 7.13. The van der Waals surface area contributed by atoms with E-state index >= 15 is 0 Å². The van der Waals surface area contributed by atoms with Crippen LogP contribution in [0.4, 0.5) is 0 Å². The lowest BCUT2D eigenvalue weighted by molar-refractivity contribution is 0.0999. The zero-order valence-corrected chi connectivity index (χ0v) is 13.2. The van der Waals surface area contributed by atoms with Crippen molar-refractivity contribution in [3.63, 3.8) is 0 Å². The van der Waals surface area contributed by atoms with Gasteiger partial charge >= 0.3 is 0 Å². The van der Waals surface area contributed by atoms with E-state index in [1.165, 1.54) is 12.1 Å². The Morgan fingerprint density at radius 1 is 1.04 bits per heavy atom. The summed E-state index contributed by atoms with van der Waals surface area (Å²) < 4.78 is 26.5. The second-order valence-electron chi connectivity index (χ2n) is 5.06. The van der Waals surface area contributed by atoms with Gasteiger partial charge in [-0.1, -0.05) is 42.5 Å². The van der Waals surface area contributed by atoms with Crippen molar-refractivity contribution in [2.45, 2.75) is 11.8 Å². The summed E-state index contributed by atoms with van der Waals surface area (Å²) in [6.45, 7) is 1.67. The summed E-state index contributed by atoms with van der Waals surface area (Å²) in [5.74, 6) is -0.839. The van der Waals surface area contributed by atoms with Gasteiger partial charge in [-0.15, -0.1) is 0 Å². The van der Waals surface area contributed by atoms with E-state index in [0.717, 1.165) is 4.31 Å². The van der Waals surface area contributed by atoms with Crippen LogP contribution in [-0.2, 0) is 10.0 Å². The van der Waals surface area contributed by atoms with Crippen LogP contribution in [-0.4, -0.2) is 30.2 Å². The molecule has 2 aromatic rings. The predicted octanol–water partition coefficient (Wildman–Crippen LogP) is 2.82. The standard InChI is InChI=1S/C17H15NO4S/c1-2-18-15(16(19)12-8-4-3-5-9-12)17(20)13-10-6-7-11-14(13)23(18,21)22/h3-11,19H,2H2,1H3/b16-15+. The van der Waals surface area contributed by atoms with E-state index in [1.54, 1.807) is 49.4 Å². The van der Waals surface area contributed by atoms with Crippen LogP contribution in [0.3, 0.4) is 0 Å². The summed E-state index contributed by atoms with van der Waals surface area (Å²) in [6.07, 6.45) is 0. The fraction of sp³-hybridized carbons (Fsp3) is 0.118. The Hall–Kier alpha value is -2.60. The maximum absolute atomic E-state index is 12.8. The number of benzene rings is 2. The van der Waals surface area contributed by atoms with E-state index in [1.807, 2.05) is 0 Å². The Balaban J connectivity index is 2.32. The van der Waals surface area contributed by atoms with E-state index < -0.39 is 15.8 Å². The first-order chi connectivity index (χ1) is 11.0. The molecule has 2 aromatic carbocycles. The van der Waals surface area contributed by atoms with E-state index in [9.17, 15) is 18.3 Å². The molecule has 0 bridgehead atoms. The molecule has 3 rings (SSSR count). The van der Waals surface area contributed by atoms with Gasteiger partial charge in [-0.2, -0.15) is 0 Å². The molecule has 1 aliphatic heterocycles. The smallest absolute Gasteiger partial charge is 0.265 e. The van der Waals surface area contributed by atoms with E-state index in [4.69, 9.17) is 0 Å². The zero-order valence-electron chi connectivity index (χ0n) is 12.4. The average Bonchev–Trinajstić information content (AvgIpc) is 2.58. The van der Waals surface area contributed by atoms with Crippen molar-refractivity contribution in [2.75, 3.05) is 6.54 Å². The highest BCUT2D eigenvalue weighted by atomic mass is 32.2. The Bertz CT molecular complexity index is 901. The molecule has 1 aliphatic rings. The minimum atomic E-state index is -3.87. The molecule has 0 aromatic heterocycles. The van der Waals surface area contributed by atoms with Crippen molar-refractivity contribution in [1.29, 1.82) is 0 Å². The molecule has 6 heteroatoms. The Labute approximate surface area is 134 Å². The van der Waals surface area contributed by atoms with Gasteiger partial charge in [0.2, 0.25) is 5.78 Å². The summed E-state index contributed by atoms with van der Waals surface area (Å²) in [4.78, 5) is 12.7. The van der Waals surface area contributed by atoms with Gasteiger partial charge in [-0.05, 0) is 19.1 Å². The van der Waals surface area contributed by atoms with Gasteiger partial charge in [0.05, 0.1) is 4.90 Å². The Morgan fingerprint density at radius 3 is 2.30 bits per heavy atom. The van der Waals surface area contributed by atoms with E-state index in [-0.39, 0.29) is 28.5 Å². The first-order valence-corrected chi connectivity index (χ1v) is 8.57. The second-order valence-corrected chi connectivity index (χ2v) is 6.89. The number of carbonyl (C=O) groups is 1. The lowest BCUT2D eigenvalue weighted by Crippen LogP contribution is -2.39. The minimum Gasteiger partial charge on any atom is -0.505 e. The molecule has 23 heavy (non-hydrogen) atoms. The molecule has 0 amide bonds. The fourth-order valence-electron chi connectivity index (χ4n) is 2.65. The average molecular weight is 329 g/mol. The Morgan fingerprint density at radius 2 is 1.65 bits per heavy atom. The van der Waals surface area contributed by atoms with E-state index in [0.29, 0.717) is 5.56 Å². The number of nitrogens with zero attached hydrogens (tertiary/aromatic N) is 1. The normalized spacial score (nSPS) is 18.5. The number of aliphatic hydroxyl groups excluding tert-OH is 1. The lowest BCUT2D eigenvalue weighted by Gasteiger charge is -2.30. The zero-order chi connectivity index (χ0) is 16.6. The number of fused-ring (bicyclic) bond motifs is 1. The number of likely N-dealkylation sites (N-methyl/N-ethyl adjacent to an activating group) is 1. The highest BCUT2D eigenvalue weighted by Crippen LogP contribution is 2.34. The van der Waals surface area contributed by atoms with Gasteiger partial charge in [-0.25, -0.2) is 8.42 Å². The van der Waals surface area contributed by atoms with E-state index in [2.05, 4.69) is 0 Å². The number of rotatable bonds is 2. The summed E-state index contributed by atoms with van der Waals surface area (Å²) >= 11 is 0. The molecule has 0 fully saturated rings. The number of hydrogen-bond donors (Lipinski definition) is 1. The molecule has 1 N–H and O–H groups in total. The van der Waals surface area contributed by atoms with Crippen molar-refractivity contribution in [1.82, 2.24) is 4.31 Å². The second kappa shape index (κ2) is 5.55. The van der Waals surface area contributed by atoms with Crippen molar-refractivity contribution in [3.8, 4) is 0 Å². The topological polar surface area (TPSA) is 74.7 Å². The van der Waals surface area contributed by atoms with Crippen LogP contribution in [0.1, 0.15) is 22.8 Å². The molecule has 118 valence electrons. The molecule has 0 spiro atoms. The van der Waals surface area contributed by atoms with Crippen LogP contribution >= 0.6 is 0 Å². The molecule has 0 unspecified atom stereocenters. The molecular weight excluding hydrogens is 314 g/mol. The number of carbonyl (C=O) groups excluding carboxylic acids is 1. The summed E-state index contributed by atoms with van der Waals surface area (Å²) in [5, 5.41) is 10.5. The van der Waals surface area contributed by atoms with Gasteiger partial charge in [-0.3, -0.25) is 9.10 Å². The molecular formula is C17H15NO4S. The number of aliphatic hydroxyl groups is 1. The summed E-state index contributed by atoms with van der Waals surface area (Å²) in [5.41, 5.74) is 0.260. The van der Waals surface area contributed by atoms with Crippen LogP contribution in [0.25, 0.3) is 5.76 Å². The molecule has 1 heterocycles. The number of Topliss-reactive ketones (excluding diaryl/α,β-unsaturated/α-hetero) is 1. The summed E-state index contributed by atoms with van der Waals surface area (Å²) in [6, 6.07) is 14.5. The largest absolute Gasteiger partial charge is 0.505 e. The molecule has 0 saturated heterocycles. The van der Waals surface area contributed by atoms with Gasteiger partial charge in [0.15, 0.2) is 5.76 Å². The van der Waals surface area contributed by atoms with Gasteiger partial charge in [0, 0.05) is 17.7 Å². The van der Waals surface area contributed by atoms with Gasteiger partial charge in [0.25, 0.3) is 10.0 Å². The monoisotopic (exact) mass is 329 g/mol. The number of allylic oxidation sites excluding steroid dienone is 1. The van der Waals surface area contributed by atoms with Crippen LogP contribution in [0.2, 0.25) is 0 Å². The number of ketones is 1. The third kappa shape index (κ3) is 2.31. The molecule has 0 atom stereocenters. The van der Waals surface area contributed by atoms with Crippen LogP contribution < -0.4 is 0 Å².